The van der Waals surface area contributed by atoms with Gasteiger partial charge in [-0.1, -0.05) is 13.3 Å². The molecule has 0 amide bonds. The van der Waals surface area contributed by atoms with E-state index in [0.717, 1.165) is 38.5 Å². The number of carbonyl (C=O) groups is 1. The van der Waals surface area contributed by atoms with Gasteiger partial charge in [-0.3, -0.25) is 4.79 Å². The Morgan fingerprint density at radius 1 is 1.43 bits per heavy atom. The van der Waals surface area contributed by atoms with Gasteiger partial charge in [0.15, 0.2) is 0 Å². The molecule has 5 unspecified atom stereocenters. The molecule has 2 heterocycles. The molecule has 1 saturated heterocycles. The van der Waals surface area contributed by atoms with E-state index >= 15 is 0 Å². The maximum absolute atomic E-state index is 12.2. The average Bonchev–Trinajstić information content (AvgIpc) is 2.78. The van der Waals surface area contributed by atoms with Gasteiger partial charge in [-0.05, 0) is 50.5 Å². The first-order valence-electron chi connectivity index (χ1n) is 8.19. The predicted molar refractivity (Wildman–Crippen MR) is 78.5 cm³/mol. The van der Waals surface area contributed by atoms with Crippen molar-refractivity contribution in [3.05, 3.63) is 11.8 Å². The molecule has 0 aromatic carbocycles. The lowest BCUT2D eigenvalue weighted by Gasteiger charge is -2.43. The Bertz CT molecular complexity index is 471. The molecule has 3 rings (SSSR count). The first kappa shape index (κ1) is 14.9. The first-order valence-corrected chi connectivity index (χ1v) is 8.19. The van der Waals surface area contributed by atoms with Crippen molar-refractivity contribution in [1.82, 2.24) is 0 Å². The minimum absolute atomic E-state index is 0.0785. The van der Waals surface area contributed by atoms with Crippen LogP contribution in [0.1, 0.15) is 59.3 Å². The number of carboxylic acids is 1. The average molecular weight is 294 g/mol. The zero-order chi connectivity index (χ0) is 15.3. The Kier molecular flexibility index (Phi) is 3.55. The van der Waals surface area contributed by atoms with Crippen molar-refractivity contribution >= 4 is 5.97 Å². The van der Waals surface area contributed by atoms with Gasteiger partial charge in [0.05, 0.1) is 17.8 Å². The van der Waals surface area contributed by atoms with Crippen LogP contribution in [0.4, 0.5) is 0 Å². The largest absolute Gasteiger partial charge is 0.481 e. The summed E-state index contributed by atoms with van der Waals surface area (Å²) in [7, 11) is 0. The quantitative estimate of drug-likeness (QED) is 0.843. The van der Waals surface area contributed by atoms with Crippen LogP contribution in [0, 0.1) is 17.3 Å². The minimum atomic E-state index is -0.807. The van der Waals surface area contributed by atoms with Crippen LogP contribution in [0.15, 0.2) is 11.8 Å². The first-order chi connectivity index (χ1) is 9.91. The van der Waals surface area contributed by atoms with Crippen LogP contribution in [0.3, 0.4) is 0 Å². The molecular formula is C17H26O4. The monoisotopic (exact) mass is 294 g/mol. The second kappa shape index (κ2) is 5.01. The van der Waals surface area contributed by atoms with Crippen molar-refractivity contribution in [3.8, 4) is 0 Å². The lowest BCUT2D eigenvalue weighted by Crippen LogP contribution is -2.50. The van der Waals surface area contributed by atoms with Crippen molar-refractivity contribution in [1.29, 1.82) is 0 Å². The number of allylic oxidation sites excluding steroid dienone is 1. The summed E-state index contributed by atoms with van der Waals surface area (Å²) in [6.07, 6.45) is 7.71. The molecular weight excluding hydrogens is 268 g/mol. The summed E-state index contributed by atoms with van der Waals surface area (Å²) >= 11 is 0. The van der Waals surface area contributed by atoms with Gasteiger partial charge in [-0.2, -0.15) is 0 Å². The molecule has 3 aliphatic rings. The predicted octanol–water partition coefficient (Wildman–Crippen LogP) is 3.71. The van der Waals surface area contributed by atoms with Gasteiger partial charge >= 0.3 is 5.97 Å². The smallest absolute Gasteiger partial charge is 0.310 e. The van der Waals surface area contributed by atoms with Crippen LogP contribution in [0.2, 0.25) is 0 Å². The van der Waals surface area contributed by atoms with Crippen LogP contribution < -0.4 is 0 Å². The van der Waals surface area contributed by atoms with Crippen molar-refractivity contribution < 1.29 is 19.4 Å². The molecule has 1 aliphatic carbocycles. The molecule has 0 aromatic heterocycles. The number of fused-ring (bicyclic) bond motifs is 2. The molecule has 1 saturated carbocycles. The standard InChI is InChI=1S/C17H26O4/c1-4-12-9-14-16(2,15(18)19)13-8-6-5-7-11(13)10-20-17(14,3)21-12/h10,12-14H,4-9H2,1-3H3,(H,18,19). The molecule has 118 valence electrons. The molecule has 0 radical (unpaired) electrons. The third-order valence-corrected chi connectivity index (χ3v) is 6.00. The van der Waals surface area contributed by atoms with Crippen LogP contribution in [-0.2, 0) is 14.3 Å². The molecule has 2 aliphatic heterocycles. The van der Waals surface area contributed by atoms with Crippen molar-refractivity contribution in [3.63, 3.8) is 0 Å². The Morgan fingerprint density at radius 2 is 2.19 bits per heavy atom. The summed E-state index contributed by atoms with van der Waals surface area (Å²) in [5, 5.41) is 10.0. The summed E-state index contributed by atoms with van der Waals surface area (Å²) < 4.78 is 12.1. The number of aliphatic carboxylic acids is 1. The lowest BCUT2D eigenvalue weighted by atomic mass is 9.59. The minimum Gasteiger partial charge on any atom is -0.481 e. The number of rotatable bonds is 2. The van der Waals surface area contributed by atoms with Gasteiger partial charge in [0.1, 0.15) is 0 Å². The highest BCUT2D eigenvalue weighted by atomic mass is 16.7. The van der Waals surface area contributed by atoms with Crippen molar-refractivity contribution in [2.24, 2.45) is 17.3 Å². The van der Waals surface area contributed by atoms with Gasteiger partial charge < -0.3 is 14.6 Å². The SMILES string of the molecule is CCC1CC2C(C)(OC=C3CCCCC3C2(C)C(=O)O)O1. The zero-order valence-electron chi connectivity index (χ0n) is 13.2. The van der Waals surface area contributed by atoms with Gasteiger partial charge in [-0.15, -0.1) is 0 Å². The van der Waals surface area contributed by atoms with E-state index in [9.17, 15) is 9.90 Å². The molecule has 1 N–H and O–H groups in total. The van der Waals surface area contributed by atoms with E-state index < -0.39 is 17.2 Å². The number of carboxylic acid groups (broad SMARTS) is 1. The Balaban J connectivity index is 2.07. The number of hydrogen-bond acceptors (Lipinski definition) is 3. The molecule has 2 fully saturated rings. The third-order valence-electron chi connectivity index (χ3n) is 6.00. The van der Waals surface area contributed by atoms with E-state index in [4.69, 9.17) is 9.47 Å². The maximum atomic E-state index is 12.2. The number of ether oxygens (including phenoxy) is 2. The summed E-state index contributed by atoms with van der Waals surface area (Å²) in [6.45, 7) is 5.92. The molecule has 0 aromatic rings. The second-order valence-corrected chi connectivity index (χ2v) is 7.15. The van der Waals surface area contributed by atoms with Crippen LogP contribution in [0.25, 0.3) is 0 Å². The maximum Gasteiger partial charge on any atom is 0.310 e. The fourth-order valence-corrected chi connectivity index (χ4v) is 4.68. The van der Waals surface area contributed by atoms with Crippen LogP contribution in [-0.4, -0.2) is 23.0 Å². The van der Waals surface area contributed by atoms with Crippen molar-refractivity contribution in [2.75, 3.05) is 0 Å². The summed E-state index contributed by atoms with van der Waals surface area (Å²) in [5.74, 6) is -1.54. The summed E-state index contributed by atoms with van der Waals surface area (Å²) in [6, 6.07) is 0. The van der Waals surface area contributed by atoms with E-state index in [-0.39, 0.29) is 17.9 Å². The van der Waals surface area contributed by atoms with Gasteiger partial charge in [0, 0.05) is 12.8 Å². The van der Waals surface area contributed by atoms with Crippen LogP contribution >= 0.6 is 0 Å². The highest BCUT2D eigenvalue weighted by molar-refractivity contribution is 5.76. The highest BCUT2D eigenvalue weighted by Gasteiger charge is 2.62. The van der Waals surface area contributed by atoms with E-state index in [1.54, 1.807) is 0 Å². The highest BCUT2D eigenvalue weighted by Crippen LogP contribution is 2.57. The zero-order valence-corrected chi connectivity index (χ0v) is 13.2. The Labute approximate surface area is 126 Å². The van der Waals surface area contributed by atoms with Crippen LogP contribution in [0.5, 0.6) is 0 Å². The topological polar surface area (TPSA) is 55.8 Å². The Morgan fingerprint density at radius 3 is 2.86 bits per heavy atom. The van der Waals surface area contributed by atoms with Gasteiger partial charge in [0.2, 0.25) is 5.79 Å². The van der Waals surface area contributed by atoms with E-state index in [1.807, 2.05) is 20.1 Å². The molecule has 0 bridgehead atoms. The van der Waals surface area contributed by atoms with Crippen molar-refractivity contribution in [2.45, 2.75) is 71.2 Å². The molecule has 0 spiro atoms. The molecule has 21 heavy (non-hydrogen) atoms. The number of hydrogen-bond donors (Lipinski definition) is 1. The van der Waals surface area contributed by atoms with Gasteiger partial charge in [-0.25, -0.2) is 0 Å². The second-order valence-electron chi connectivity index (χ2n) is 7.15. The van der Waals surface area contributed by atoms with E-state index in [0.29, 0.717) is 0 Å². The van der Waals surface area contributed by atoms with E-state index in [1.165, 1.54) is 5.57 Å². The van der Waals surface area contributed by atoms with E-state index in [2.05, 4.69) is 6.92 Å². The van der Waals surface area contributed by atoms with Gasteiger partial charge in [0.25, 0.3) is 0 Å². The Hall–Kier alpha value is -1.03. The molecule has 5 atom stereocenters. The fourth-order valence-electron chi connectivity index (χ4n) is 4.68. The third kappa shape index (κ3) is 2.10. The summed E-state index contributed by atoms with van der Waals surface area (Å²) in [4.78, 5) is 12.2. The molecule has 4 nitrogen and oxygen atoms in total. The normalized spacial score (nSPS) is 45.9. The molecule has 4 heteroatoms. The lowest BCUT2D eigenvalue weighted by molar-refractivity contribution is -0.221. The summed E-state index contributed by atoms with van der Waals surface area (Å²) in [5.41, 5.74) is 0.361. The fraction of sp³-hybridized carbons (Fsp3) is 0.824.